The lowest BCUT2D eigenvalue weighted by atomic mass is 10.1. The summed E-state index contributed by atoms with van der Waals surface area (Å²) >= 11 is 1.74. The van der Waals surface area contributed by atoms with Crippen molar-refractivity contribution in [2.75, 3.05) is 32.7 Å². The number of nitrogens with one attached hydrogen (secondary N) is 1. The van der Waals surface area contributed by atoms with Crippen molar-refractivity contribution in [3.05, 3.63) is 52.0 Å². The van der Waals surface area contributed by atoms with Crippen LogP contribution in [0.1, 0.15) is 79.5 Å². The minimum Gasteiger partial charge on any atom is -0.343 e. The van der Waals surface area contributed by atoms with Gasteiger partial charge in [-0.3, -0.25) is 14.5 Å². The van der Waals surface area contributed by atoms with E-state index in [9.17, 15) is 9.59 Å². The number of thiophene rings is 1. The number of amides is 2. The molecular weight excluding hydrogens is 482 g/mol. The second-order valence-corrected chi connectivity index (χ2v) is 11.4. The molecule has 0 bridgehead atoms. The van der Waals surface area contributed by atoms with Crippen LogP contribution >= 0.6 is 11.3 Å². The molecule has 7 nitrogen and oxygen atoms in total. The number of carbonyl (C=O) groups is 2. The van der Waals surface area contributed by atoms with E-state index < -0.39 is 0 Å². The van der Waals surface area contributed by atoms with Crippen molar-refractivity contribution in [3.8, 4) is 0 Å². The Morgan fingerprint density at radius 2 is 1.92 bits per heavy atom. The molecule has 8 heteroatoms. The third-order valence-corrected chi connectivity index (χ3v) is 8.94. The highest BCUT2D eigenvalue weighted by Crippen LogP contribution is 2.28. The first kappa shape index (κ1) is 25.9. The molecule has 2 aromatic heterocycles. The maximum absolute atomic E-state index is 13.0. The first-order valence-corrected chi connectivity index (χ1v) is 14.8. The molecule has 1 atom stereocenters. The smallest absolute Gasteiger partial charge is 0.251 e. The van der Waals surface area contributed by atoms with E-state index in [0.29, 0.717) is 17.6 Å². The molecule has 5 rings (SSSR count). The maximum Gasteiger partial charge on any atom is 0.251 e. The normalized spacial score (nSPS) is 18.7. The Morgan fingerprint density at radius 3 is 2.65 bits per heavy atom. The summed E-state index contributed by atoms with van der Waals surface area (Å²) in [6.07, 6.45) is 7.71. The van der Waals surface area contributed by atoms with Gasteiger partial charge in [0.2, 0.25) is 5.91 Å². The number of imidazole rings is 1. The molecule has 2 aliphatic heterocycles. The van der Waals surface area contributed by atoms with Crippen molar-refractivity contribution < 1.29 is 9.59 Å². The second-order valence-electron chi connectivity index (χ2n) is 10.4. The molecule has 0 aliphatic carbocycles. The summed E-state index contributed by atoms with van der Waals surface area (Å²) < 4.78 is 2.35. The lowest BCUT2D eigenvalue weighted by Gasteiger charge is -2.32. The number of benzene rings is 1. The standard InChI is InChI=1S/C29H39N5O2S/c1-3-22(4-2)34-26-11-10-21(17-25(26)31-27(34)18-24-9-8-16-37-24)29(36)30-19-28(35)33-15-12-23(20-33)32-13-6-5-7-14-32/h8-11,16-17,22-23H,3-7,12-15,18-20H2,1-2H3,(H,30,36). The van der Waals surface area contributed by atoms with Crippen LogP contribution in [-0.4, -0.2) is 69.9 Å². The van der Waals surface area contributed by atoms with Crippen LogP contribution in [0.5, 0.6) is 0 Å². The number of aromatic nitrogens is 2. The van der Waals surface area contributed by atoms with Gasteiger partial charge in [-0.15, -0.1) is 11.3 Å². The van der Waals surface area contributed by atoms with Crippen LogP contribution in [0.4, 0.5) is 0 Å². The van der Waals surface area contributed by atoms with E-state index in [2.05, 4.69) is 46.1 Å². The van der Waals surface area contributed by atoms with Crippen molar-refractivity contribution in [2.45, 2.75) is 70.9 Å². The zero-order valence-corrected chi connectivity index (χ0v) is 22.9. The molecule has 2 fully saturated rings. The molecule has 2 amide bonds. The minimum atomic E-state index is -0.223. The Kier molecular flexibility index (Phi) is 8.25. The Morgan fingerprint density at radius 1 is 1.11 bits per heavy atom. The highest BCUT2D eigenvalue weighted by atomic mass is 32.1. The number of hydrogen-bond donors (Lipinski definition) is 1. The summed E-state index contributed by atoms with van der Waals surface area (Å²) in [6.45, 7) is 8.31. The van der Waals surface area contributed by atoms with Crippen molar-refractivity contribution in [1.29, 1.82) is 0 Å². The van der Waals surface area contributed by atoms with Crippen LogP contribution in [0.2, 0.25) is 0 Å². The lowest BCUT2D eigenvalue weighted by molar-refractivity contribution is -0.129. The topological polar surface area (TPSA) is 70.5 Å². The number of rotatable bonds is 9. The fraction of sp³-hybridized carbons (Fsp3) is 0.552. The average Bonchev–Trinajstić information content (AvgIpc) is 3.69. The molecule has 3 aromatic rings. The van der Waals surface area contributed by atoms with Crippen LogP contribution in [-0.2, 0) is 11.2 Å². The van der Waals surface area contributed by atoms with E-state index in [1.165, 1.54) is 24.1 Å². The monoisotopic (exact) mass is 521 g/mol. The summed E-state index contributed by atoms with van der Waals surface area (Å²) in [5.41, 5.74) is 2.44. The fourth-order valence-corrected chi connectivity index (χ4v) is 6.67. The summed E-state index contributed by atoms with van der Waals surface area (Å²) in [5.74, 6) is 0.820. The third kappa shape index (κ3) is 5.75. The number of fused-ring (bicyclic) bond motifs is 1. The molecular formula is C29H39N5O2S. The number of carbonyl (C=O) groups excluding carboxylic acids is 2. The van der Waals surface area contributed by atoms with Gasteiger partial charge in [-0.25, -0.2) is 4.98 Å². The van der Waals surface area contributed by atoms with Crippen LogP contribution < -0.4 is 5.32 Å². The molecule has 37 heavy (non-hydrogen) atoms. The van der Waals surface area contributed by atoms with Gasteiger partial charge in [0.25, 0.3) is 5.91 Å². The minimum absolute atomic E-state index is 0.00480. The van der Waals surface area contributed by atoms with Crippen molar-refractivity contribution in [3.63, 3.8) is 0 Å². The fourth-order valence-electron chi connectivity index (χ4n) is 5.96. The SMILES string of the molecule is CCC(CC)n1c(Cc2cccs2)nc2cc(C(=O)NCC(=O)N3CCC(N4CCCCC4)C3)ccc21. The van der Waals surface area contributed by atoms with Crippen molar-refractivity contribution in [2.24, 2.45) is 0 Å². The zero-order chi connectivity index (χ0) is 25.8. The summed E-state index contributed by atoms with van der Waals surface area (Å²) in [4.78, 5) is 36.5. The molecule has 0 saturated carbocycles. The van der Waals surface area contributed by atoms with Crippen LogP contribution in [0.25, 0.3) is 11.0 Å². The van der Waals surface area contributed by atoms with Crippen LogP contribution in [0.3, 0.4) is 0 Å². The van der Waals surface area contributed by atoms with Gasteiger partial charge in [-0.1, -0.05) is 26.3 Å². The summed E-state index contributed by atoms with van der Waals surface area (Å²) in [6, 6.07) is 10.8. The predicted molar refractivity (Wildman–Crippen MR) is 149 cm³/mol. The van der Waals surface area contributed by atoms with E-state index in [1.54, 1.807) is 11.3 Å². The van der Waals surface area contributed by atoms with E-state index in [0.717, 1.165) is 68.7 Å². The van der Waals surface area contributed by atoms with Gasteiger partial charge in [-0.2, -0.15) is 0 Å². The van der Waals surface area contributed by atoms with Gasteiger partial charge in [0.15, 0.2) is 0 Å². The van der Waals surface area contributed by atoms with Gasteiger partial charge in [0.1, 0.15) is 5.82 Å². The van der Waals surface area contributed by atoms with Crippen molar-refractivity contribution >= 4 is 34.2 Å². The maximum atomic E-state index is 13.0. The number of piperidine rings is 1. The summed E-state index contributed by atoms with van der Waals surface area (Å²) in [5, 5.41) is 4.96. The largest absolute Gasteiger partial charge is 0.343 e. The molecule has 1 N–H and O–H groups in total. The van der Waals surface area contributed by atoms with E-state index in [-0.39, 0.29) is 18.4 Å². The van der Waals surface area contributed by atoms with E-state index >= 15 is 0 Å². The molecule has 0 radical (unpaired) electrons. The Hall–Kier alpha value is -2.71. The lowest BCUT2D eigenvalue weighted by Crippen LogP contribution is -2.43. The number of likely N-dealkylation sites (tertiary alicyclic amines) is 2. The summed E-state index contributed by atoms with van der Waals surface area (Å²) in [7, 11) is 0. The Labute approximate surface area is 223 Å². The molecule has 1 unspecified atom stereocenters. The Bertz CT molecular complexity index is 1210. The second kappa shape index (κ2) is 11.8. The van der Waals surface area contributed by atoms with Gasteiger partial charge < -0.3 is 14.8 Å². The van der Waals surface area contributed by atoms with Gasteiger partial charge in [0, 0.05) is 42.0 Å². The van der Waals surface area contributed by atoms with Crippen LogP contribution in [0.15, 0.2) is 35.7 Å². The average molecular weight is 522 g/mol. The molecule has 4 heterocycles. The third-order valence-electron chi connectivity index (χ3n) is 8.07. The first-order valence-electron chi connectivity index (χ1n) is 13.9. The number of hydrogen-bond acceptors (Lipinski definition) is 5. The molecule has 1 aromatic carbocycles. The predicted octanol–water partition coefficient (Wildman–Crippen LogP) is 4.87. The first-order chi connectivity index (χ1) is 18.1. The molecule has 198 valence electrons. The molecule has 2 saturated heterocycles. The molecule has 0 spiro atoms. The Balaban J connectivity index is 1.25. The van der Waals surface area contributed by atoms with Crippen LogP contribution in [0, 0.1) is 0 Å². The van der Waals surface area contributed by atoms with Gasteiger partial charge in [-0.05, 0) is 74.8 Å². The molecule has 2 aliphatic rings. The highest BCUT2D eigenvalue weighted by Gasteiger charge is 2.31. The zero-order valence-electron chi connectivity index (χ0n) is 22.1. The quantitative estimate of drug-likeness (QED) is 0.436. The van der Waals surface area contributed by atoms with Gasteiger partial charge >= 0.3 is 0 Å². The van der Waals surface area contributed by atoms with Gasteiger partial charge in [0.05, 0.1) is 17.6 Å². The van der Waals surface area contributed by atoms with E-state index in [1.807, 2.05) is 23.1 Å². The van der Waals surface area contributed by atoms with Crippen molar-refractivity contribution in [1.82, 2.24) is 24.7 Å². The number of nitrogens with zero attached hydrogens (tertiary/aromatic N) is 4. The van der Waals surface area contributed by atoms with E-state index in [4.69, 9.17) is 4.98 Å². The highest BCUT2D eigenvalue weighted by molar-refractivity contribution is 7.09.